The van der Waals surface area contributed by atoms with Crippen molar-refractivity contribution in [2.24, 2.45) is 23.5 Å². The normalized spacial score (nSPS) is 31.4. The predicted octanol–water partition coefficient (Wildman–Crippen LogP) is -0.762. The summed E-state index contributed by atoms with van der Waals surface area (Å²) in [5.74, 6) is 0.466. The first-order valence-corrected chi connectivity index (χ1v) is 7.69. The van der Waals surface area contributed by atoms with Gasteiger partial charge in [-0.1, -0.05) is 0 Å². The van der Waals surface area contributed by atoms with Gasteiger partial charge in [-0.2, -0.15) is 0 Å². The molecule has 2 radical (unpaired) electrons. The molecule has 1 saturated carbocycles. The molecule has 1 saturated heterocycles. The molecule has 98 valence electrons. The molecule has 2 aliphatic rings. The second-order valence-corrected chi connectivity index (χ2v) is 6.35. The zero-order valence-electron chi connectivity index (χ0n) is 10.4. The van der Waals surface area contributed by atoms with E-state index in [-0.39, 0.29) is 30.3 Å². The minimum absolute atomic E-state index is 0.00303. The predicted molar refractivity (Wildman–Crippen MR) is 65.0 cm³/mol. The molecule has 3 atom stereocenters. The van der Waals surface area contributed by atoms with E-state index in [1.165, 1.54) is 19.4 Å². The summed E-state index contributed by atoms with van der Waals surface area (Å²) in [5, 5.41) is 2.66. The third-order valence-electron chi connectivity index (χ3n) is 3.79. The maximum absolute atomic E-state index is 12.2. The van der Waals surface area contributed by atoms with Crippen molar-refractivity contribution < 1.29 is 28.9 Å². The molecule has 0 aromatic rings. The fraction of sp³-hybridized carbons (Fsp3) is 0.727. The van der Waals surface area contributed by atoms with Gasteiger partial charge in [0.1, 0.15) is 0 Å². The summed E-state index contributed by atoms with van der Waals surface area (Å²) in [6.45, 7) is 2.06. The SMILES string of the molecule is C[B-]N1C(=O)C2CC(C(=O)NCN)CC(C2)[C]1=[W]. The number of nitrogens with one attached hydrogen (secondary N) is 1. The maximum atomic E-state index is 12.2. The van der Waals surface area contributed by atoms with E-state index in [0.29, 0.717) is 12.3 Å². The standard InChI is InChI=1S/C11H17BN3O2.W/c1-12-15-5-7-2-8(10(16)14-6-13)4-9(3-7)11(15)17;/h7-9H,2-4,6,13H2,1H3,(H,14,16);/q-1;. The van der Waals surface area contributed by atoms with Crippen molar-refractivity contribution in [1.82, 2.24) is 10.1 Å². The van der Waals surface area contributed by atoms with Crippen LogP contribution in [0, 0.1) is 17.8 Å². The van der Waals surface area contributed by atoms with Crippen LogP contribution in [0.1, 0.15) is 19.3 Å². The van der Waals surface area contributed by atoms with Crippen LogP contribution in [0.25, 0.3) is 0 Å². The zero-order chi connectivity index (χ0) is 13.3. The van der Waals surface area contributed by atoms with Gasteiger partial charge in [0.05, 0.1) is 0 Å². The Hall–Kier alpha value is -0.477. The quantitative estimate of drug-likeness (QED) is 0.468. The number of hydrogen-bond donors (Lipinski definition) is 2. The van der Waals surface area contributed by atoms with Crippen LogP contribution in [0.4, 0.5) is 0 Å². The Balaban J connectivity index is 2.13. The molecule has 2 bridgehead atoms. The molecular weight excluding hydrogens is 401 g/mol. The number of nitrogens with zero attached hydrogens (tertiary/aromatic N) is 1. The first-order valence-electron chi connectivity index (χ1n) is 6.22. The summed E-state index contributed by atoms with van der Waals surface area (Å²) in [4.78, 5) is 25.9. The molecule has 2 rings (SSSR count). The molecule has 0 aromatic carbocycles. The number of rotatable bonds is 3. The van der Waals surface area contributed by atoms with Gasteiger partial charge in [0.25, 0.3) is 0 Å². The van der Waals surface area contributed by atoms with E-state index in [1.807, 2.05) is 14.2 Å². The van der Waals surface area contributed by atoms with Crippen molar-refractivity contribution in [1.29, 1.82) is 0 Å². The Labute approximate surface area is 119 Å². The van der Waals surface area contributed by atoms with Gasteiger partial charge in [-0.05, 0) is 0 Å². The molecule has 5 nitrogen and oxygen atoms in total. The Kier molecular flexibility index (Phi) is 4.38. The number of carbonyl (C=O) groups is 2. The van der Waals surface area contributed by atoms with Crippen molar-refractivity contribution in [3.05, 3.63) is 0 Å². The van der Waals surface area contributed by atoms with E-state index >= 15 is 0 Å². The molecule has 3 N–H and O–H groups in total. The van der Waals surface area contributed by atoms with Crippen LogP contribution in [-0.4, -0.2) is 34.7 Å². The van der Waals surface area contributed by atoms with Crippen molar-refractivity contribution >= 4 is 23.3 Å². The average Bonchev–Trinajstić information content (AvgIpc) is 2.37. The topological polar surface area (TPSA) is 75.4 Å². The van der Waals surface area contributed by atoms with Gasteiger partial charge in [0.2, 0.25) is 0 Å². The Bertz CT molecular complexity index is 366. The second-order valence-electron chi connectivity index (χ2n) is 4.85. The van der Waals surface area contributed by atoms with Crippen LogP contribution in [0.2, 0.25) is 6.82 Å². The zero-order valence-corrected chi connectivity index (χ0v) is 13.3. The van der Waals surface area contributed by atoms with Crippen LogP contribution in [-0.2, 0) is 28.9 Å². The number of hydrogen-bond acceptors (Lipinski definition) is 3. The van der Waals surface area contributed by atoms with Crippen molar-refractivity contribution in [3.63, 3.8) is 0 Å². The third kappa shape index (κ3) is 2.45. The van der Waals surface area contributed by atoms with E-state index in [1.54, 1.807) is 4.81 Å². The van der Waals surface area contributed by atoms with Crippen LogP contribution in [0.15, 0.2) is 0 Å². The molecule has 3 unspecified atom stereocenters. The van der Waals surface area contributed by atoms with E-state index in [0.717, 1.165) is 16.9 Å². The Morgan fingerprint density at radius 1 is 1.50 bits per heavy atom. The second kappa shape index (κ2) is 5.66. The summed E-state index contributed by atoms with van der Waals surface area (Å²) in [6.07, 6.45) is 2.42. The van der Waals surface area contributed by atoms with Crippen molar-refractivity contribution in [3.8, 4) is 0 Å². The van der Waals surface area contributed by atoms with Gasteiger partial charge in [0, 0.05) is 0 Å². The van der Waals surface area contributed by atoms with E-state index in [4.69, 9.17) is 5.73 Å². The van der Waals surface area contributed by atoms with Crippen molar-refractivity contribution in [2.75, 3.05) is 6.67 Å². The molecule has 18 heavy (non-hydrogen) atoms. The fourth-order valence-corrected chi connectivity index (χ4v) is 4.33. The van der Waals surface area contributed by atoms with Crippen LogP contribution < -0.4 is 11.1 Å². The summed E-state index contributed by atoms with van der Waals surface area (Å²) < 4.78 is 1.16. The van der Waals surface area contributed by atoms with Gasteiger partial charge in [-0.3, -0.25) is 0 Å². The summed E-state index contributed by atoms with van der Waals surface area (Å²) >= 11 is 1.32. The monoisotopic (exact) mass is 418 g/mol. The molecule has 1 aliphatic carbocycles. The molecule has 7 heteroatoms. The van der Waals surface area contributed by atoms with Crippen molar-refractivity contribution in [2.45, 2.75) is 26.1 Å². The number of amides is 2. The fourth-order valence-electron chi connectivity index (χ4n) is 2.94. The Morgan fingerprint density at radius 3 is 2.78 bits per heavy atom. The minimum atomic E-state index is -0.0605. The van der Waals surface area contributed by atoms with E-state index in [9.17, 15) is 9.59 Å². The summed E-state index contributed by atoms with van der Waals surface area (Å²) in [7, 11) is 1.85. The average molecular weight is 418 g/mol. The number of piperidine rings is 1. The molecule has 2 amide bonds. The molecule has 0 aromatic heterocycles. The molecule has 1 aliphatic heterocycles. The number of carbonyl (C=O) groups excluding carboxylic acids is 2. The van der Waals surface area contributed by atoms with E-state index in [2.05, 4.69) is 5.32 Å². The van der Waals surface area contributed by atoms with Gasteiger partial charge < -0.3 is 0 Å². The molecular formula is C11H17BN3O2W-. The molecule has 2 fully saturated rings. The van der Waals surface area contributed by atoms with Gasteiger partial charge >= 0.3 is 119 Å². The number of fused-ring (bicyclic) bond motifs is 2. The van der Waals surface area contributed by atoms with Gasteiger partial charge in [-0.25, -0.2) is 0 Å². The first kappa shape index (κ1) is 13.9. The summed E-state index contributed by atoms with van der Waals surface area (Å²) in [5.41, 5.74) is 5.34. The number of nitrogens with two attached hydrogens (primary N) is 1. The van der Waals surface area contributed by atoms with E-state index < -0.39 is 0 Å². The molecule has 1 heterocycles. The van der Waals surface area contributed by atoms with Gasteiger partial charge in [-0.15, -0.1) is 0 Å². The van der Waals surface area contributed by atoms with Crippen LogP contribution in [0.3, 0.4) is 0 Å². The first-order chi connectivity index (χ1) is 8.58. The Morgan fingerprint density at radius 2 is 2.17 bits per heavy atom. The summed E-state index contributed by atoms with van der Waals surface area (Å²) in [6, 6.07) is 0. The van der Waals surface area contributed by atoms with Gasteiger partial charge in [0.15, 0.2) is 0 Å². The third-order valence-corrected chi connectivity index (χ3v) is 5.69. The van der Waals surface area contributed by atoms with Crippen LogP contribution >= 0.6 is 0 Å². The molecule has 0 spiro atoms. The van der Waals surface area contributed by atoms with Crippen LogP contribution in [0.5, 0.6) is 0 Å².